The maximum absolute atomic E-state index is 13.1. The molecule has 2 aromatic carbocycles. The van der Waals surface area contributed by atoms with Crippen LogP contribution in [0.4, 0.5) is 5.69 Å². The Morgan fingerprint density at radius 2 is 1.74 bits per heavy atom. The Morgan fingerprint density at radius 3 is 2.39 bits per heavy atom. The van der Waals surface area contributed by atoms with Crippen molar-refractivity contribution in [3.05, 3.63) is 52.5 Å². The number of carbonyl (C=O) groups excluding carboxylic acids is 2. The zero-order chi connectivity index (χ0) is 22.4. The highest BCUT2D eigenvalue weighted by atomic mass is 35.5. The molecule has 0 radical (unpaired) electrons. The third-order valence-electron chi connectivity index (χ3n) is 5.27. The Kier molecular flexibility index (Phi) is 7.76. The molecule has 0 atom stereocenters. The molecular formula is C23H28ClN3O4. The molecule has 7 nitrogen and oxygen atoms in total. The van der Waals surface area contributed by atoms with E-state index in [0.717, 1.165) is 37.3 Å². The minimum Gasteiger partial charge on any atom is -0.493 e. The molecule has 8 heteroatoms. The quantitative estimate of drug-likeness (QED) is 0.734. The number of nitrogens with zero attached hydrogens (tertiary/aromatic N) is 2. The molecule has 0 saturated carbocycles. The van der Waals surface area contributed by atoms with Crippen molar-refractivity contribution in [2.45, 2.75) is 19.9 Å². The summed E-state index contributed by atoms with van der Waals surface area (Å²) in [5.41, 5.74) is 2.37. The number of anilines is 1. The van der Waals surface area contributed by atoms with Gasteiger partial charge in [-0.15, -0.1) is 0 Å². The maximum Gasteiger partial charge on any atom is 0.255 e. The lowest BCUT2D eigenvalue weighted by Gasteiger charge is -2.23. The van der Waals surface area contributed by atoms with Crippen molar-refractivity contribution in [2.24, 2.45) is 0 Å². The molecule has 1 aliphatic heterocycles. The molecule has 0 aliphatic carbocycles. The van der Waals surface area contributed by atoms with Crippen LogP contribution in [0.15, 0.2) is 36.4 Å². The summed E-state index contributed by atoms with van der Waals surface area (Å²) in [6.45, 7) is 5.24. The van der Waals surface area contributed by atoms with E-state index >= 15 is 0 Å². The van der Waals surface area contributed by atoms with Crippen LogP contribution in [0.5, 0.6) is 11.5 Å². The maximum atomic E-state index is 13.1. The monoisotopic (exact) mass is 445 g/mol. The van der Waals surface area contributed by atoms with Crippen LogP contribution in [0.3, 0.4) is 0 Å². The van der Waals surface area contributed by atoms with Crippen molar-refractivity contribution >= 4 is 29.1 Å². The summed E-state index contributed by atoms with van der Waals surface area (Å²) in [6.07, 6.45) is 0.876. The minimum atomic E-state index is -0.104. The number of nitrogens with one attached hydrogen (secondary N) is 1. The van der Waals surface area contributed by atoms with Crippen LogP contribution in [-0.4, -0.2) is 62.0 Å². The SMILES string of the molecule is COc1ccc(C(=O)N2CCCN(Cc3ccc(NC(C)=O)cc3)CC2)c(Cl)c1OC. The molecule has 1 N–H and O–H groups in total. The van der Waals surface area contributed by atoms with Gasteiger partial charge in [-0.1, -0.05) is 23.7 Å². The van der Waals surface area contributed by atoms with E-state index in [9.17, 15) is 9.59 Å². The van der Waals surface area contributed by atoms with Gasteiger partial charge in [0.05, 0.1) is 24.8 Å². The second kappa shape index (κ2) is 10.5. The predicted octanol–water partition coefficient (Wildman–Crippen LogP) is 3.66. The van der Waals surface area contributed by atoms with Crippen LogP contribution in [0.1, 0.15) is 29.3 Å². The minimum absolute atomic E-state index is 0.0837. The Hall–Kier alpha value is -2.77. The predicted molar refractivity (Wildman–Crippen MR) is 121 cm³/mol. The highest BCUT2D eigenvalue weighted by Gasteiger charge is 2.24. The lowest BCUT2D eigenvalue weighted by atomic mass is 10.1. The van der Waals surface area contributed by atoms with E-state index in [2.05, 4.69) is 10.2 Å². The third kappa shape index (κ3) is 5.68. The second-order valence-electron chi connectivity index (χ2n) is 7.46. The van der Waals surface area contributed by atoms with E-state index in [0.29, 0.717) is 30.2 Å². The van der Waals surface area contributed by atoms with Gasteiger partial charge in [-0.05, 0) is 36.2 Å². The summed E-state index contributed by atoms with van der Waals surface area (Å²) in [7, 11) is 3.04. The molecule has 1 aliphatic rings. The number of carbonyl (C=O) groups is 2. The van der Waals surface area contributed by atoms with E-state index in [1.807, 2.05) is 29.2 Å². The molecule has 31 heavy (non-hydrogen) atoms. The average Bonchev–Trinajstić information content (AvgIpc) is 2.99. The Bertz CT molecular complexity index is 933. The van der Waals surface area contributed by atoms with Gasteiger partial charge in [0.15, 0.2) is 11.5 Å². The van der Waals surface area contributed by atoms with E-state index in [1.54, 1.807) is 12.1 Å². The van der Waals surface area contributed by atoms with Crippen LogP contribution in [0, 0.1) is 0 Å². The Balaban J connectivity index is 1.63. The first kappa shape index (κ1) is 22.9. The van der Waals surface area contributed by atoms with Gasteiger partial charge in [0.1, 0.15) is 0 Å². The molecule has 2 amide bonds. The molecule has 0 bridgehead atoms. The van der Waals surface area contributed by atoms with E-state index in [4.69, 9.17) is 21.1 Å². The van der Waals surface area contributed by atoms with Gasteiger partial charge in [0.2, 0.25) is 5.91 Å². The lowest BCUT2D eigenvalue weighted by molar-refractivity contribution is -0.114. The molecule has 3 rings (SSSR count). The molecule has 1 saturated heterocycles. The first-order valence-electron chi connectivity index (χ1n) is 10.2. The van der Waals surface area contributed by atoms with Gasteiger partial charge >= 0.3 is 0 Å². The Labute approximate surface area is 187 Å². The van der Waals surface area contributed by atoms with Gasteiger partial charge in [0.25, 0.3) is 5.91 Å². The van der Waals surface area contributed by atoms with E-state index in [-0.39, 0.29) is 16.8 Å². The second-order valence-corrected chi connectivity index (χ2v) is 7.84. The molecule has 0 aromatic heterocycles. The number of rotatable bonds is 6. The standard InChI is InChI=1S/C23H28ClN3O4/c1-16(28)25-18-7-5-17(6-8-18)15-26-11-4-12-27(14-13-26)23(29)19-9-10-20(30-2)22(31-3)21(19)24/h5-10H,4,11-15H2,1-3H3,(H,25,28). The Morgan fingerprint density at radius 1 is 1.00 bits per heavy atom. The van der Waals surface area contributed by atoms with Crippen LogP contribution < -0.4 is 14.8 Å². The van der Waals surface area contributed by atoms with Crippen molar-refractivity contribution in [2.75, 3.05) is 45.7 Å². The van der Waals surface area contributed by atoms with E-state index < -0.39 is 0 Å². The summed E-state index contributed by atoms with van der Waals surface area (Å²) in [4.78, 5) is 28.5. The lowest BCUT2D eigenvalue weighted by Crippen LogP contribution is -2.35. The van der Waals surface area contributed by atoms with Crippen molar-refractivity contribution in [3.63, 3.8) is 0 Å². The third-order valence-corrected chi connectivity index (χ3v) is 5.65. The fraction of sp³-hybridized carbons (Fsp3) is 0.391. The number of halogens is 1. The summed E-state index contributed by atoms with van der Waals surface area (Å²) in [6, 6.07) is 11.2. The summed E-state index contributed by atoms with van der Waals surface area (Å²) < 4.78 is 10.6. The van der Waals surface area contributed by atoms with Crippen LogP contribution in [0.2, 0.25) is 5.02 Å². The highest BCUT2D eigenvalue weighted by molar-refractivity contribution is 6.35. The normalized spacial score (nSPS) is 14.6. The average molecular weight is 446 g/mol. The first-order valence-corrected chi connectivity index (χ1v) is 10.6. The van der Waals surface area contributed by atoms with E-state index in [1.165, 1.54) is 21.1 Å². The van der Waals surface area contributed by atoms with Crippen molar-refractivity contribution in [1.82, 2.24) is 9.80 Å². The molecule has 1 heterocycles. The van der Waals surface area contributed by atoms with Crippen molar-refractivity contribution in [3.8, 4) is 11.5 Å². The number of amides is 2. The molecule has 2 aromatic rings. The van der Waals surface area contributed by atoms with Gasteiger partial charge < -0.3 is 19.7 Å². The van der Waals surface area contributed by atoms with Gasteiger partial charge in [-0.3, -0.25) is 14.5 Å². The van der Waals surface area contributed by atoms with Crippen molar-refractivity contribution < 1.29 is 19.1 Å². The van der Waals surface area contributed by atoms with Crippen LogP contribution in [-0.2, 0) is 11.3 Å². The molecular weight excluding hydrogens is 418 g/mol. The topological polar surface area (TPSA) is 71.1 Å². The molecule has 166 valence electrons. The fourth-order valence-electron chi connectivity index (χ4n) is 3.71. The number of hydrogen-bond acceptors (Lipinski definition) is 5. The molecule has 1 fully saturated rings. The van der Waals surface area contributed by atoms with Crippen molar-refractivity contribution in [1.29, 1.82) is 0 Å². The molecule has 0 spiro atoms. The number of benzene rings is 2. The smallest absolute Gasteiger partial charge is 0.255 e. The number of methoxy groups -OCH3 is 2. The zero-order valence-electron chi connectivity index (χ0n) is 18.1. The van der Waals surface area contributed by atoms with Crippen LogP contribution in [0.25, 0.3) is 0 Å². The summed E-state index contributed by atoms with van der Waals surface area (Å²) in [5, 5.41) is 3.05. The first-order chi connectivity index (χ1) is 14.9. The largest absolute Gasteiger partial charge is 0.493 e. The van der Waals surface area contributed by atoms with Gasteiger partial charge in [0, 0.05) is 45.3 Å². The zero-order valence-corrected chi connectivity index (χ0v) is 18.9. The summed E-state index contributed by atoms with van der Waals surface area (Å²) in [5.74, 6) is 0.678. The molecule has 0 unspecified atom stereocenters. The van der Waals surface area contributed by atoms with Crippen LogP contribution >= 0.6 is 11.6 Å². The van der Waals surface area contributed by atoms with Gasteiger partial charge in [-0.25, -0.2) is 0 Å². The number of ether oxygens (including phenoxy) is 2. The highest BCUT2D eigenvalue weighted by Crippen LogP contribution is 2.37. The summed E-state index contributed by atoms with van der Waals surface area (Å²) >= 11 is 6.44. The van der Waals surface area contributed by atoms with Gasteiger partial charge in [-0.2, -0.15) is 0 Å². The number of hydrogen-bond donors (Lipinski definition) is 1. The fourth-order valence-corrected chi connectivity index (χ4v) is 4.03.